The van der Waals surface area contributed by atoms with E-state index in [1.807, 2.05) is 24.3 Å². The second-order valence-electron chi connectivity index (χ2n) is 2.65. The van der Waals surface area contributed by atoms with E-state index in [1.54, 1.807) is 0 Å². The molecular formula is C11H11Si. The Labute approximate surface area is 77.0 Å². The molecule has 0 spiro atoms. The second kappa shape index (κ2) is 3.54. The topological polar surface area (TPSA) is 0 Å². The van der Waals surface area contributed by atoms with Crippen LogP contribution in [0.15, 0.2) is 25.3 Å². The van der Waals surface area contributed by atoms with Crippen molar-refractivity contribution in [2.75, 3.05) is 0 Å². The molecule has 0 aliphatic rings. The van der Waals surface area contributed by atoms with E-state index in [0.717, 1.165) is 16.3 Å². The van der Waals surface area contributed by atoms with E-state index in [4.69, 9.17) is 0 Å². The molecule has 0 amide bonds. The fourth-order valence-corrected chi connectivity index (χ4v) is 1.42. The first-order valence-corrected chi connectivity index (χ1v) is 4.30. The molecule has 0 atom stereocenters. The molecule has 59 valence electrons. The maximum atomic E-state index is 3.77. The first-order valence-electron chi connectivity index (χ1n) is 3.80. The van der Waals surface area contributed by atoms with Gasteiger partial charge in [0.25, 0.3) is 0 Å². The highest BCUT2D eigenvalue weighted by Crippen LogP contribution is 2.14. The van der Waals surface area contributed by atoms with Crippen LogP contribution in [-0.4, -0.2) is 10.2 Å². The van der Waals surface area contributed by atoms with Gasteiger partial charge in [0, 0.05) is 0 Å². The summed E-state index contributed by atoms with van der Waals surface area (Å²) in [7, 11) is 3.52. The molecule has 0 aliphatic carbocycles. The van der Waals surface area contributed by atoms with Gasteiger partial charge in [-0.1, -0.05) is 42.6 Å². The van der Waals surface area contributed by atoms with Crippen LogP contribution in [0.5, 0.6) is 0 Å². The van der Waals surface area contributed by atoms with Crippen molar-refractivity contribution in [2.45, 2.75) is 6.92 Å². The van der Waals surface area contributed by atoms with Crippen LogP contribution in [-0.2, 0) is 0 Å². The van der Waals surface area contributed by atoms with Crippen LogP contribution in [0.3, 0.4) is 0 Å². The molecule has 0 bridgehead atoms. The molecule has 0 heterocycles. The van der Waals surface area contributed by atoms with Crippen molar-refractivity contribution in [1.82, 2.24) is 0 Å². The van der Waals surface area contributed by atoms with Crippen molar-refractivity contribution >= 4 is 27.6 Å². The van der Waals surface area contributed by atoms with Crippen LogP contribution in [0.1, 0.15) is 16.7 Å². The van der Waals surface area contributed by atoms with Crippen LogP contribution in [0.4, 0.5) is 0 Å². The van der Waals surface area contributed by atoms with Gasteiger partial charge in [0.2, 0.25) is 0 Å². The van der Waals surface area contributed by atoms with Crippen LogP contribution in [0, 0.1) is 6.92 Å². The molecule has 0 saturated heterocycles. The summed E-state index contributed by atoms with van der Waals surface area (Å²) in [4.78, 5) is 0. The lowest BCUT2D eigenvalue weighted by molar-refractivity contribution is 1.47. The van der Waals surface area contributed by atoms with Crippen molar-refractivity contribution in [2.24, 2.45) is 0 Å². The predicted octanol–water partition coefficient (Wildman–Crippen LogP) is 2.07. The second-order valence-corrected chi connectivity index (χ2v) is 3.19. The van der Waals surface area contributed by atoms with E-state index in [-0.39, 0.29) is 0 Å². The molecule has 0 aliphatic heterocycles. The van der Waals surface area contributed by atoms with Gasteiger partial charge in [-0.3, -0.25) is 0 Å². The molecule has 1 aromatic carbocycles. The highest BCUT2D eigenvalue weighted by molar-refractivity contribution is 6.33. The highest BCUT2D eigenvalue weighted by Gasteiger charge is 2.00. The van der Waals surface area contributed by atoms with Crippen molar-refractivity contribution in [1.29, 1.82) is 0 Å². The van der Waals surface area contributed by atoms with Gasteiger partial charge in [0.15, 0.2) is 0 Å². The summed E-state index contributed by atoms with van der Waals surface area (Å²) in [6, 6.07) is 4.05. The normalized spacial score (nSPS) is 9.50. The van der Waals surface area contributed by atoms with Gasteiger partial charge in [-0.15, -0.1) is 0 Å². The fourth-order valence-electron chi connectivity index (χ4n) is 1.20. The van der Waals surface area contributed by atoms with Crippen LogP contribution in [0.2, 0.25) is 0 Å². The lowest BCUT2D eigenvalue weighted by atomic mass is 10.0. The molecule has 0 nitrogen and oxygen atoms in total. The minimum Gasteiger partial charge on any atom is -0.0984 e. The summed E-state index contributed by atoms with van der Waals surface area (Å²) in [5, 5.41) is 1.11. The summed E-state index contributed by atoms with van der Waals surface area (Å²) < 4.78 is 0. The molecule has 0 saturated carbocycles. The van der Waals surface area contributed by atoms with Crippen molar-refractivity contribution in [3.63, 3.8) is 0 Å². The van der Waals surface area contributed by atoms with E-state index in [9.17, 15) is 0 Å². The zero-order valence-corrected chi connectivity index (χ0v) is 8.22. The Bertz CT molecular complexity index is 324. The third-order valence-electron chi connectivity index (χ3n) is 1.97. The lowest BCUT2D eigenvalue weighted by Gasteiger charge is -2.07. The first kappa shape index (κ1) is 9.01. The zero-order valence-electron chi connectivity index (χ0n) is 7.22. The maximum absolute atomic E-state index is 3.77. The Morgan fingerprint density at radius 2 is 1.92 bits per heavy atom. The van der Waals surface area contributed by atoms with E-state index >= 15 is 0 Å². The molecule has 0 unspecified atom stereocenters. The molecule has 1 rings (SSSR count). The minimum atomic E-state index is 1.11. The molecule has 1 aromatic rings. The molecule has 3 radical (unpaired) electrons. The minimum absolute atomic E-state index is 1.11. The van der Waals surface area contributed by atoms with Gasteiger partial charge >= 0.3 is 0 Å². The third kappa shape index (κ3) is 1.41. The lowest BCUT2D eigenvalue weighted by Crippen LogP contribution is -2.09. The Morgan fingerprint density at radius 3 is 2.42 bits per heavy atom. The summed E-state index contributed by atoms with van der Waals surface area (Å²) in [5.74, 6) is 0. The third-order valence-corrected chi connectivity index (χ3v) is 2.51. The molecular weight excluding hydrogens is 160 g/mol. The monoisotopic (exact) mass is 171 g/mol. The molecule has 1 heteroatoms. The number of hydrogen-bond donors (Lipinski definition) is 0. The molecule has 0 aromatic heterocycles. The number of rotatable bonds is 2. The Kier molecular flexibility index (Phi) is 2.66. The summed E-state index contributed by atoms with van der Waals surface area (Å²) >= 11 is 0. The van der Waals surface area contributed by atoms with Gasteiger partial charge in [0.05, 0.1) is 10.2 Å². The van der Waals surface area contributed by atoms with Gasteiger partial charge in [-0.25, -0.2) is 0 Å². The first-order chi connectivity index (χ1) is 5.70. The van der Waals surface area contributed by atoms with Gasteiger partial charge in [-0.2, -0.15) is 0 Å². The fraction of sp³-hybridized carbons (Fsp3) is 0.0909. The van der Waals surface area contributed by atoms with Crippen LogP contribution < -0.4 is 5.19 Å². The Balaban J connectivity index is 3.45. The van der Waals surface area contributed by atoms with E-state index in [0.29, 0.717) is 0 Å². The highest BCUT2D eigenvalue weighted by atomic mass is 28.1. The SMILES string of the molecule is C=Cc1ccc([Si])c(C)c1C=C. The summed E-state index contributed by atoms with van der Waals surface area (Å²) in [6.45, 7) is 9.58. The molecule has 0 N–H and O–H groups in total. The Hall–Kier alpha value is -1.08. The molecule has 0 fully saturated rings. The average molecular weight is 171 g/mol. The van der Waals surface area contributed by atoms with E-state index in [2.05, 4.69) is 30.3 Å². The molecule has 12 heavy (non-hydrogen) atoms. The quantitative estimate of drug-likeness (QED) is 0.598. The van der Waals surface area contributed by atoms with Crippen molar-refractivity contribution in [3.05, 3.63) is 42.0 Å². The van der Waals surface area contributed by atoms with E-state index < -0.39 is 0 Å². The standard InChI is InChI=1S/C11H11Si/c1-4-9-6-7-11(12)8(3)10(9)5-2/h4-7H,1-2H2,3H3. The summed E-state index contributed by atoms with van der Waals surface area (Å²) in [6.07, 6.45) is 3.70. The van der Waals surface area contributed by atoms with Crippen LogP contribution in [0.25, 0.3) is 12.2 Å². The van der Waals surface area contributed by atoms with E-state index in [1.165, 1.54) is 5.56 Å². The summed E-state index contributed by atoms with van der Waals surface area (Å²) in [5.41, 5.74) is 3.49. The number of benzene rings is 1. The Morgan fingerprint density at radius 1 is 1.25 bits per heavy atom. The largest absolute Gasteiger partial charge is 0.0984 e. The van der Waals surface area contributed by atoms with Crippen molar-refractivity contribution < 1.29 is 0 Å². The zero-order chi connectivity index (χ0) is 9.14. The van der Waals surface area contributed by atoms with Crippen LogP contribution >= 0.6 is 0 Å². The van der Waals surface area contributed by atoms with Crippen molar-refractivity contribution in [3.8, 4) is 0 Å². The number of hydrogen-bond acceptors (Lipinski definition) is 0. The van der Waals surface area contributed by atoms with Gasteiger partial charge in [0.1, 0.15) is 0 Å². The average Bonchev–Trinajstić information content (AvgIpc) is 2.09. The predicted molar refractivity (Wildman–Crippen MR) is 56.7 cm³/mol. The van der Waals surface area contributed by atoms with Gasteiger partial charge < -0.3 is 0 Å². The van der Waals surface area contributed by atoms with Gasteiger partial charge in [-0.05, 0) is 23.6 Å². The smallest absolute Gasteiger partial charge is 0.0715 e. The maximum Gasteiger partial charge on any atom is 0.0715 e.